The van der Waals surface area contributed by atoms with E-state index in [1.165, 1.54) is 4.31 Å². The molecule has 0 aliphatic rings. The highest BCUT2D eigenvalue weighted by Gasteiger charge is 2.25. The summed E-state index contributed by atoms with van der Waals surface area (Å²) in [4.78, 5) is 0.260. The second kappa shape index (κ2) is 7.24. The van der Waals surface area contributed by atoms with Crippen LogP contribution in [0.15, 0.2) is 32.0 Å². The van der Waals surface area contributed by atoms with Crippen LogP contribution < -0.4 is 0 Å². The fourth-order valence-electron chi connectivity index (χ4n) is 1.51. The molecule has 0 saturated carbocycles. The van der Waals surface area contributed by atoms with Crippen LogP contribution in [0.5, 0.6) is 0 Å². The molecule has 0 unspecified atom stereocenters. The molecule has 0 saturated heterocycles. The third kappa shape index (κ3) is 3.93. The maximum atomic E-state index is 12.5. The normalized spacial score (nSPS) is 12.1. The minimum atomic E-state index is -3.51. The standard InChI is InChI=1S/C11H14Br2ClNO2S/c1-2-6-15(7-5-14)18(16,17)11-8-9(12)3-4-10(11)13/h3-4,8H,2,5-7H2,1H3. The van der Waals surface area contributed by atoms with Gasteiger partial charge in [-0.05, 0) is 40.5 Å². The van der Waals surface area contributed by atoms with Gasteiger partial charge in [-0.25, -0.2) is 8.42 Å². The average Bonchev–Trinajstić information content (AvgIpc) is 2.32. The quantitative estimate of drug-likeness (QED) is 0.657. The van der Waals surface area contributed by atoms with Gasteiger partial charge in [0.05, 0.1) is 4.90 Å². The first-order chi connectivity index (χ1) is 8.43. The van der Waals surface area contributed by atoms with E-state index in [0.29, 0.717) is 17.6 Å². The SMILES string of the molecule is CCCN(CCCl)S(=O)(=O)c1cc(Br)ccc1Br. The lowest BCUT2D eigenvalue weighted by atomic mass is 10.4. The molecule has 3 nitrogen and oxygen atoms in total. The zero-order chi connectivity index (χ0) is 13.8. The third-order valence-electron chi connectivity index (χ3n) is 2.32. The molecule has 7 heteroatoms. The Morgan fingerprint density at radius 2 is 1.94 bits per heavy atom. The summed E-state index contributed by atoms with van der Waals surface area (Å²) < 4.78 is 27.7. The van der Waals surface area contributed by atoms with Crippen LogP contribution in [0.2, 0.25) is 0 Å². The molecular weight excluding hydrogens is 405 g/mol. The highest BCUT2D eigenvalue weighted by atomic mass is 79.9. The summed E-state index contributed by atoms with van der Waals surface area (Å²) in [6.45, 7) is 2.72. The van der Waals surface area contributed by atoms with Crippen molar-refractivity contribution in [3.8, 4) is 0 Å². The molecule has 1 rings (SSSR count). The molecule has 0 amide bonds. The second-order valence-electron chi connectivity index (χ2n) is 3.67. The van der Waals surface area contributed by atoms with Gasteiger partial charge < -0.3 is 0 Å². The van der Waals surface area contributed by atoms with E-state index in [-0.39, 0.29) is 10.8 Å². The Balaban J connectivity index is 3.21. The van der Waals surface area contributed by atoms with E-state index in [2.05, 4.69) is 31.9 Å². The van der Waals surface area contributed by atoms with Crippen molar-refractivity contribution in [3.63, 3.8) is 0 Å². The molecule has 102 valence electrons. The van der Waals surface area contributed by atoms with Gasteiger partial charge in [0.25, 0.3) is 0 Å². The molecule has 0 aromatic heterocycles. The van der Waals surface area contributed by atoms with Gasteiger partial charge in [0, 0.05) is 27.9 Å². The Morgan fingerprint density at radius 1 is 1.28 bits per heavy atom. The molecule has 1 aromatic rings. The van der Waals surface area contributed by atoms with Crippen molar-refractivity contribution in [3.05, 3.63) is 27.1 Å². The van der Waals surface area contributed by atoms with Crippen molar-refractivity contribution in [2.45, 2.75) is 18.2 Å². The fraction of sp³-hybridized carbons (Fsp3) is 0.455. The van der Waals surface area contributed by atoms with Crippen molar-refractivity contribution in [2.75, 3.05) is 19.0 Å². The number of halogens is 3. The molecule has 0 aliphatic carbocycles. The topological polar surface area (TPSA) is 37.4 Å². The Hall–Kier alpha value is 0.380. The number of sulfonamides is 1. The number of benzene rings is 1. The molecule has 0 aliphatic heterocycles. The average molecular weight is 420 g/mol. The molecule has 0 bridgehead atoms. The van der Waals surface area contributed by atoms with Gasteiger partial charge in [-0.3, -0.25) is 0 Å². The lowest BCUT2D eigenvalue weighted by molar-refractivity contribution is 0.428. The van der Waals surface area contributed by atoms with Crippen LogP contribution in [0, 0.1) is 0 Å². The smallest absolute Gasteiger partial charge is 0.207 e. The van der Waals surface area contributed by atoms with Gasteiger partial charge in [0.1, 0.15) is 0 Å². The molecule has 1 aromatic carbocycles. The van der Waals surface area contributed by atoms with Gasteiger partial charge in [-0.15, -0.1) is 11.6 Å². The van der Waals surface area contributed by atoms with Crippen LogP contribution in [-0.2, 0) is 10.0 Å². The van der Waals surface area contributed by atoms with E-state index in [1.54, 1.807) is 18.2 Å². The highest BCUT2D eigenvalue weighted by Crippen LogP contribution is 2.28. The number of hydrogen-bond acceptors (Lipinski definition) is 2. The van der Waals surface area contributed by atoms with Gasteiger partial charge >= 0.3 is 0 Å². The number of rotatable bonds is 6. The largest absolute Gasteiger partial charge is 0.244 e. The summed E-state index contributed by atoms with van der Waals surface area (Å²) >= 11 is 12.2. The maximum absolute atomic E-state index is 12.5. The van der Waals surface area contributed by atoms with Crippen molar-refractivity contribution in [2.24, 2.45) is 0 Å². The van der Waals surface area contributed by atoms with E-state index < -0.39 is 10.0 Å². The zero-order valence-corrected chi connectivity index (χ0v) is 14.6. The fourth-order valence-corrected chi connectivity index (χ4v) is 4.81. The summed E-state index contributed by atoms with van der Waals surface area (Å²) in [6.07, 6.45) is 0.752. The zero-order valence-electron chi connectivity index (χ0n) is 9.87. The van der Waals surface area contributed by atoms with E-state index in [9.17, 15) is 8.42 Å². The lowest BCUT2D eigenvalue weighted by Gasteiger charge is -2.21. The van der Waals surface area contributed by atoms with Crippen LogP contribution in [0.1, 0.15) is 13.3 Å². The first-order valence-corrected chi connectivity index (χ1v) is 9.00. The minimum absolute atomic E-state index is 0.260. The maximum Gasteiger partial charge on any atom is 0.244 e. The minimum Gasteiger partial charge on any atom is -0.207 e. The van der Waals surface area contributed by atoms with Crippen molar-refractivity contribution in [1.29, 1.82) is 0 Å². The van der Waals surface area contributed by atoms with Gasteiger partial charge in [0.15, 0.2) is 0 Å². The molecule has 0 fully saturated rings. The molecule has 0 spiro atoms. The monoisotopic (exact) mass is 417 g/mol. The Kier molecular flexibility index (Phi) is 6.61. The molecule has 0 N–H and O–H groups in total. The summed E-state index contributed by atoms with van der Waals surface area (Å²) in [5.41, 5.74) is 0. The van der Waals surface area contributed by atoms with Crippen molar-refractivity contribution in [1.82, 2.24) is 4.31 Å². The third-order valence-corrected chi connectivity index (χ3v) is 5.87. The Labute approximate surface area is 130 Å². The predicted octanol–water partition coefficient (Wildman–Crippen LogP) is 3.85. The predicted molar refractivity (Wildman–Crippen MR) is 81.6 cm³/mol. The van der Waals surface area contributed by atoms with E-state index in [1.807, 2.05) is 6.92 Å². The second-order valence-corrected chi connectivity index (χ2v) is 7.72. The first-order valence-electron chi connectivity index (χ1n) is 5.44. The lowest BCUT2D eigenvalue weighted by Crippen LogP contribution is -2.33. The molecule has 18 heavy (non-hydrogen) atoms. The molecule has 0 heterocycles. The highest BCUT2D eigenvalue weighted by molar-refractivity contribution is 9.11. The van der Waals surface area contributed by atoms with Crippen LogP contribution in [-0.4, -0.2) is 31.7 Å². The number of hydrogen-bond donors (Lipinski definition) is 0. The van der Waals surface area contributed by atoms with Crippen LogP contribution in [0.25, 0.3) is 0 Å². The van der Waals surface area contributed by atoms with Crippen molar-refractivity contribution >= 4 is 53.5 Å². The Morgan fingerprint density at radius 3 is 2.50 bits per heavy atom. The van der Waals surface area contributed by atoms with Crippen molar-refractivity contribution < 1.29 is 8.42 Å². The van der Waals surface area contributed by atoms with Gasteiger partial charge in [-0.1, -0.05) is 22.9 Å². The summed E-state index contributed by atoms with van der Waals surface area (Å²) in [5, 5.41) is 0. The van der Waals surface area contributed by atoms with Crippen LogP contribution >= 0.6 is 43.5 Å². The summed E-state index contributed by atoms with van der Waals surface area (Å²) in [7, 11) is -3.51. The van der Waals surface area contributed by atoms with Crippen LogP contribution in [0.4, 0.5) is 0 Å². The van der Waals surface area contributed by atoms with E-state index >= 15 is 0 Å². The van der Waals surface area contributed by atoms with Gasteiger partial charge in [0.2, 0.25) is 10.0 Å². The van der Waals surface area contributed by atoms with Crippen LogP contribution in [0.3, 0.4) is 0 Å². The first kappa shape index (κ1) is 16.4. The molecule has 0 radical (unpaired) electrons. The van der Waals surface area contributed by atoms with E-state index in [4.69, 9.17) is 11.6 Å². The Bertz CT molecular complexity index is 502. The van der Waals surface area contributed by atoms with E-state index in [0.717, 1.165) is 10.9 Å². The molecule has 0 atom stereocenters. The number of alkyl halides is 1. The van der Waals surface area contributed by atoms with Gasteiger partial charge in [-0.2, -0.15) is 4.31 Å². The number of nitrogens with zero attached hydrogens (tertiary/aromatic N) is 1. The summed E-state index contributed by atoms with van der Waals surface area (Å²) in [5.74, 6) is 0.283. The molecular formula is C11H14Br2ClNO2S. The summed E-state index contributed by atoms with van der Waals surface area (Å²) in [6, 6.07) is 5.09.